The zero-order valence-corrected chi connectivity index (χ0v) is 11.7. The molecule has 0 unspecified atom stereocenters. The van der Waals surface area contributed by atoms with E-state index in [0.29, 0.717) is 27.1 Å². The molecular formula is C10H8Cl2F3N3S. The molecule has 0 fully saturated rings. The minimum atomic E-state index is -4.15. The van der Waals surface area contributed by atoms with Gasteiger partial charge in [0.05, 0.1) is 27.1 Å². The summed E-state index contributed by atoms with van der Waals surface area (Å²) in [6.07, 6.45) is -5.03. The third-order valence-corrected chi connectivity index (χ3v) is 3.50. The standard InChI is InChI=1S/C10H8Cl2F3N3S/c11-5-4-6(12)8-9(18-19-17-8)7(5)16-3-1-2-10(13,14)15/h4,16H,1-3H2. The Bertz CT molecular complexity index is 568. The molecule has 1 heterocycles. The Morgan fingerprint density at radius 2 is 1.84 bits per heavy atom. The van der Waals surface area contributed by atoms with Crippen molar-refractivity contribution in [2.45, 2.75) is 19.0 Å². The van der Waals surface area contributed by atoms with Gasteiger partial charge >= 0.3 is 6.18 Å². The van der Waals surface area contributed by atoms with Gasteiger partial charge in [-0.05, 0) is 12.5 Å². The van der Waals surface area contributed by atoms with E-state index < -0.39 is 12.6 Å². The third kappa shape index (κ3) is 3.61. The molecule has 0 atom stereocenters. The first-order chi connectivity index (χ1) is 8.88. The molecule has 1 aliphatic heterocycles. The Hall–Kier alpha value is -0.790. The van der Waals surface area contributed by atoms with Crippen LogP contribution in [0.3, 0.4) is 0 Å². The highest BCUT2D eigenvalue weighted by Crippen LogP contribution is 2.47. The Morgan fingerprint density at radius 3 is 2.53 bits per heavy atom. The Kier molecular flexibility index (Phi) is 4.37. The molecule has 19 heavy (non-hydrogen) atoms. The van der Waals surface area contributed by atoms with Crippen molar-refractivity contribution >= 4 is 51.6 Å². The molecule has 1 aromatic rings. The van der Waals surface area contributed by atoms with E-state index in [2.05, 4.69) is 14.0 Å². The fourth-order valence-corrected chi connectivity index (χ4v) is 2.72. The average molecular weight is 330 g/mol. The van der Waals surface area contributed by atoms with E-state index in [1.165, 1.54) is 6.07 Å². The SMILES string of the molecule is FC(F)(F)CCCNc1c(Cl)cc(Cl)c2c1N=S=N2. The molecule has 0 aromatic heterocycles. The van der Waals surface area contributed by atoms with Gasteiger partial charge in [-0.15, -0.1) is 0 Å². The first-order valence-electron chi connectivity index (χ1n) is 5.29. The summed E-state index contributed by atoms with van der Waals surface area (Å²) < 4.78 is 44.1. The normalized spacial score (nSPS) is 13.3. The first kappa shape index (κ1) is 14.6. The summed E-state index contributed by atoms with van der Waals surface area (Å²) in [4.78, 5) is 0. The van der Waals surface area contributed by atoms with Crippen LogP contribution in [0.4, 0.5) is 30.2 Å². The molecule has 1 N–H and O–H groups in total. The van der Waals surface area contributed by atoms with E-state index in [0.717, 1.165) is 11.4 Å². The third-order valence-electron chi connectivity index (χ3n) is 2.38. The van der Waals surface area contributed by atoms with Crippen LogP contribution in [0.1, 0.15) is 12.8 Å². The molecule has 0 saturated carbocycles. The van der Waals surface area contributed by atoms with Gasteiger partial charge in [0.15, 0.2) is 0 Å². The average Bonchev–Trinajstić information content (AvgIpc) is 2.75. The predicted octanol–water partition coefficient (Wildman–Crippen LogP) is 5.47. The van der Waals surface area contributed by atoms with Gasteiger partial charge in [0.25, 0.3) is 0 Å². The van der Waals surface area contributed by atoms with Crippen molar-refractivity contribution in [3.05, 3.63) is 16.1 Å². The van der Waals surface area contributed by atoms with Crippen LogP contribution in [-0.2, 0) is 11.4 Å². The van der Waals surface area contributed by atoms with Gasteiger partial charge in [-0.2, -0.15) is 21.9 Å². The van der Waals surface area contributed by atoms with E-state index in [1.54, 1.807) is 0 Å². The molecule has 0 radical (unpaired) electrons. The van der Waals surface area contributed by atoms with E-state index in [9.17, 15) is 13.2 Å². The summed E-state index contributed by atoms with van der Waals surface area (Å²) in [5, 5.41) is 3.54. The Balaban J connectivity index is 2.06. The number of benzene rings is 1. The van der Waals surface area contributed by atoms with Crippen LogP contribution in [-0.4, -0.2) is 12.7 Å². The van der Waals surface area contributed by atoms with Crippen LogP contribution in [0.5, 0.6) is 0 Å². The second-order valence-electron chi connectivity index (χ2n) is 3.82. The van der Waals surface area contributed by atoms with Crippen molar-refractivity contribution in [2.75, 3.05) is 11.9 Å². The van der Waals surface area contributed by atoms with Gasteiger partial charge in [-0.25, -0.2) is 0 Å². The lowest BCUT2D eigenvalue weighted by atomic mass is 10.2. The zero-order chi connectivity index (χ0) is 14.0. The zero-order valence-electron chi connectivity index (χ0n) is 9.39. The number of nitrogens with zero attached hydrogens (tertiary/aromatic N) is 2. The largest absolute Gasteiger partial charge is 0.389 e. The van der Waals surface area contributed by atoms with Gasteiger partial charge < -0.3 is 5.32 Å². The topological polar surface area (TPSA) is 36.8 Å². The van der Waals surface area contributed by atoms with Crippen molar-refractivity contribution in [1.82, 2.24) is 0 Å². The van der Waals surface area contributed by atoms with Crippen LogP contribution < -0.4 is 5.32 Å². The second kappa shape index (κ2) is 5.68. The molecule has 1 aromatic carbocycles. The van der Waals surface area contributed by atoms with Gasteiger partial charge in [-0.1, -0.05) is 23.2 Å². The van der Waals surface area contributed by atoms with Crippen molar-refractivity contribution in [3.63, 3.8) is 0 Å². The maximum atomic E-state index is 12.0. The van der Waals surface area contributed by atoms with Gasteiger partial charge in [-0.3, -0.25) is 0 Å². The molecule has 0 amide bonds. The summed E-state index contributed by atoms with van der Waals surface area (Å²) in [6, 6.07) is 1.50. The highest BCUT2D eigenvalue weighted by atomic mass is 35.5. The molecule has 1 aliphatic rings. The number of halogens is 5. The second-order valence-corrected chi connectivity index (χ2v) is 5.17. The van der Waals surface area contributed by atoms with Crippen LogP contribution in [0, 0.1) is 0 Å². The molecular weight excluding hydrogens is 322 g/mol. The maximum absolute atomic E-state index is 12.0. The minimum Gasteiger partial charge on any atom is -0.382 e. The fraction of sp³-hybridized carbons (Fsp3) is 0.400. The van der Waals surface area contributed by atoms with Crippen LogP contribution in [0.15, 0.2) is 14.8 Å². The van der Waals surface area contributed by atoms with Crippen LogP contribution >= 0.6 is 23.2 Å². The number of hydrogen-bond acceptors (Lipinski definition) is 3. The lowest BCUT2D eigenvalue weighted by Crippen LogP contribution is -2.11. The summed E-state index contributed by atoms with van der Waals surface area (Å²) in [5.41, 5.74) is 1.45. The van der Waals surface area contributed by atoms with E-state index >= 15 is 0 Å². The molecule has 2 rings (SSSR count). The number of fused-ring (bicyclic) bond motifs is 1. The predicted molar refractivity (Wildman–Crippen MR) is 71.8 cm³/mol. The van der Waals surface area contributed by atoms with E-state index in [4.69, 9.17) is 23.2 Å². The van der Waals surface area contributed by atoms with Crippen molar-refractivity contribution < 1.29 is 13.2 Å². The van der Waals surface area contributed by atoms with Gasteiger partial charge in [0, 0.05) is 13.0 Å². The number of hydrogen-bond donors (Lipinski definition) is 1. The number of alkyl halides is 3. The molecule has 0 bridgehead atoms. The summed E-state index contributed by atoms with van der Waals surface area (Å²) in [5.74, 6) is 0. The first-order valence-corrected chi connectivity index (χ1v) is 6.78. The Morgan fingerprint density at radius 1 is 1.16 bits per heavy atom. The highest BCUT2D eigenvalue weighted by Gasteiger charge is 2.26. The van der Waals surface area contributed by atoms with E-state index in [1.807, 2.05) is 0 Å². The smallest absolute Gasteiger partial charge is 0.382 e. The highest BCUT2D eigenvalue weighted by molar-refractivity contribution is 7.58. The van der Waals surface area contributed by atoms with Gasteiger partial charge in [0.1, 0.15) is 11.4 Å². The van der Waals surface area contributed by atoms with E-state index in [-0.39, 0.29) is 13.0 Å². The minimum absolute atomic E-state index is 0.0402. The van der Waals surface area contributed by atoms with Crippen LogP contribution in [0.25, 0.3) is 0 Å². The summed E-state index contributed by atoms with van der Waals surface area (Å²) in [6.45, 7) is 0.146. The number of anilines is 1. The summed E-state index contributed by atoms with van der Waals surface area (Å²) in [7, 11) is 0. The van der Waals surface area contributed by atoms with Gasteiger partial charge in [0.2, 0.25) is 0 Å². The lowest BCUT2D eigenvalue weighted by molar-refractivity contribution is -0.134. The molecule has 3 nitrogen and oxygen atoms in total. The molecule has 0 aliphatic carbocycles. The molecule has 9 heteroatoms. The molecule has 104 valence electrons. The number of nitrogens with one attached hydrogen (secondary N) is 1. The molecule has 0 spiro atoms. The monoisotopic (exact) mass is 329 g/mol. The maximum Gasteiger partial charge on any atom is 0.389 e. The lowest BCUT2D eigenvalue weighted by Gasteiger charge is -2.12. The molecule has 0 saturated heterocycles. The number of rotatable bonds is 4. The van der Waals surface area contributed by atoms with Crippen molar-refractivity contribution in [2.24, 2.45) is 8.73 Å². The summed E-state index contributed by atoms with van der Waals surface area (Å²) >= 11 is 12.9. The fourth-order valence-electron chi connectivity index (χ4n) is 1.54. The Labute approximate surface area is 121 Å². The van der Waals surface area contributed by atoms with Crippen LogP contribution in [0.2, 0.25) is 10.0 Å². The quantitative estimate of drug-likeness (QED) is 0.741. The van der Waals surface area contributed by atoms with Crippen molar-refractivity contribution in [3.8, 4) is 0 Å². The van der Waals surface area contributed by atoms with Crippen molar-refractivity contribution in [1.29, 1.82) is 0 Å².